The van der Waals surface area contributed by atoms with Crippen molar-refractivity contribution in [1.82, 2.24) is 5.32 Å². The number of nitrogens with one attached hydrogen (secondary N) is 2. The maximum atomic E-state index is 5.91. The summed E-state index contributed by atoms with van der Waals surface area (Å²) in [5, 5.41) is 7.48. The lowest BCUT2D eigenvalue weighted by Crippen LogP contribution is -2.21. The van der Waals surface area contributed by atoms with Gasteiger partial charge in [-0.3, -0.25) is 0 Å². The summed E-state index contributed by atoms with van der Waals surface area (Å²) in [4.78, 5) is 0. The van der Waals surface area contributed by atoms with Crippen molar-refractivity contribution in [3.63, 3.8) is 0 Å². The molecule has 2 rings (SSSR count). The summed E-state index contributed by atoms with van der Waals surface area (Å²) in [7, 11) is 0. The van der Waals surface area contributed by atoms with Crippen LogP contribution in [-0.4, -0.2) is 13.1 Å². The van der Waals surface area contributed by atoms with Crippen LogP contribution in [0.1, 0.15) is 5.56 Å². The van der Waals surface area contributed by atoms with Gasteiger partial charge in [-0.2, -0.15) is 0 Å². The summed E-state index contributed by atoms with van der Waals surface area (Å²) in [5.41, 5.74) is 2.37. The maximum absolute atomic E-state index is 5.91. The highest BCUT2D eigenvalue weighted by Gasteiger charge is 1.93. The first kappa shape index (κ1) is 12.9. The van der Waals surface area contributed by atoms with Crippen LogP contribution in [-0.2, 0) is 6.54 Å². The van der Waals surface area contributed by atoms with Crippen LogP contribution < -0.4 is 10.6 Å². The minimum absolute atomic E-state index is 0.761. The number of benzene rings is 2. The van der Waals surface area contributed by atoms with Crippen molar-refractivity contribution in [3.05, 3.63) is 65.2 Å². The SMILES string of the molecule is Clc1cccc(NCCNCc2ccccc2)c1. The molecule has 0 fully saturated rings. The van der Waals surface area contributed by atoms with Gasteiger partial charge in [0.2, 0.25) is 0 Å². The zero-order chi connectivity index (χ0) is 12.6. The van der Waals surface area contributed by atoms with E-state index in [0.29, 0.717) is 0 Å². The molecular weight excluding hydrogens is 244 g/mol. The molecular formula is C15H17ClN2. The molecule has 0 radical (unpaired) electrons. The number of hydrogen-bond acceptors (Lipinski definition) is 2. The quantitative estimate of drug-likeness (QED) is 0.777. The van der Waals surface area contributed by atoms with E-state index >= 15 is 0 Å². The summed E-state index contributed by atoms with van der Waals surface area (Å²) >= 11 is 5.91. The van der Waals surface area contributed by atoms with Crippen molar-refractivity contribution in [2.45, 2.75) is 6.54 Å². The monoisotopic (exact) mass is 260 g/mol. The van der Waals surface area contributed by atoms with Gasteiger partial charge in [0, 0.05) is 30.3 Å². The average Bonchev–Trinajstić information content (AvgIpc) is 2.40. The van der Waals surface area contributed by atoms with Crippen LogP contribution in [0.3, 0.4) is 0 Å². The van der Waals surface area contributed by atoms with Crippen LogP contribution in [0.5, 0.6) is 0 Å². The molecule has 0 aliphatic carbocycles. The van der Waals surface area contributed by atoms with E-state index in [4.69, 9.17) is 11.6 Å². The van der Waals surface area contributed by atoms with E-state index in [9.17, 15) is 0 Å². The first-order chi connectivity index (χ1) is 8.84. The fourth-order valence-electron chi connectivity index (χ4n) is 1.72. The Labute approximate surface area is 113 Å². The number of anilines is 1. The van der Waals surface area contributed by atoms with E-state index in [1.165, 1.54) is 5.56 Å². The van der Waals surface area contributed by atoms with E-state index in [1.807, 2.05) is 30.3 Å². The van der Waals surface area contributed by atoms with Crippen LogP contribution >= 0.6 is 11.6 Å². The zero-order valence-electron chi connectivity index (χ0n) is 10.2. The molecule has 0 bridgehead atoms. The van der Waals surface area contributed by atoms with Crippen molar-refractivity contribution < 1.29 is 0 Å². The largest absolute Gasteiger partial charge is 0.384 e. The predicted molar refractivity (Wildman–Crippen MR) is 78.1 cm³/mol. The normalized spacial score (nSPS) is 10.3. The lowest BCUT2D eigenvalue weighted by atomic mass is 10.2. The number of rotatable bonds is 6. The molecule has 0 aromatic heterocycles. The Hall–Kier alpha value is -1.51. The van der Waals surface area contributed by atoms with E-state index in [-0.39, 0.29) is 0 Å². The summed E-state index contributed by atoms with van der Waals surface area (Å²) in [6.45, 7) is 2.70. The van der Waals surface area contributed by atoms with Crippen LogP contribution in [0.15, 0.2) is 54.6 Å². The lowest BCUT2D eigenvalue weighted by molar-refractivity contribution is 0.707. The second-order valence-corrected chi connectivity index (χ2v) is 4.54. The third-order valence-electron chi connectivity index (χ3n) is 2.63. The van der Waals surface area contributed by atoms with Gasteiger partial charge in [0.15, 0.2) is 0 Å². The minimum atomic E-state index is 0.761. The third kappa shape index (κ3) is 4.40. The van der Waals surface area contributed by atoms with Crippen LogP contribution in [0, 0.1) is 0 Å². The lowest BCUT2D eigenvalue weighted by Gasteiger charge is -2.08. The van der Waals surface area contributed by atoms with E-state index in [1.54, 1.807) is 0 Å². The summed E-state index contributed by atoms with van der Waals surface area (Å²) in [6.07, 6.45) is 0. The number of hydrogen-bond donors (Lipinski definition) is 2. The molecule has 2 aromatic rings. The molecule has 0 saturated carbocycles. The highest BCUT2D eigenvalue weighted by molar-refractivity contribution is 6.30. The molecule has 0 heterocycles. The molecule has 2 aromatic carbocycles. The van der Waals surface area contributed by atoms with E-state index in [2.05, 4.69) is 34.9 Å². The van der Waals surface area contributed by atoms with Gasteiger partial charge in [0.1, 0.15) is 0 Å². The molecule has 3 heteroatoms. The molecule has 0 saturated heterocycles. The maximum Gasteiger partial charge on any atom is 0.0426 e. The zero-order valence-corrected chi connectivity index (χ0v) is 11.0. The summed E-state index contributed by atoms with van der Waals surface area (Å²) in [5.74, 6) is 0. The van der Waals surface area contributed by atoms with Crippen molar-refractivity contribution in [3.8, 4) is 0 Å². The Bertz CT molecular complexity index is 471. The van der Waals surface area contributed by atoms with Crippen molar-refractivity contribution >= 4 is 17.3 Å². The third-order valence-corrected chi connectivity index (χ3v) is 2.86. The summed E-state index contributed by atoms with van der Waals surface area (Å²) in [6, 6.07) is 18.2. The molecule has 94 valence electrons. The van der Waals surface area contributed by atoms with Gasteiger partial charge >= 0.3 is 0 Å². The van der Waals surface area contributed by atoms with Gasteiger partial charge in [-0.05, 0) is 23.8 Å². The first-order valence-electron chi connectivity index (χ1n) is 6.09. The van der Waals surface area contributed by atoms with Crippen LogP contribution in [0.4, 0.5) is 5.69 Å². The molecule has 0 amide bonds. The highest BCUT2D eigenvalue weighted by Crippen LogP contribution is 2.14. The minimum Gasteiger partial charge on any atom is -0.384 e. The molecule has 2 nitrogen and oxygen atoms in total. The van der Waals surface area contributed by atoms with Crippen LogP contribution in [0.2, 0.25) is 5.02 Å². The van der Waals surface area contributed by atoms with Gasteiger partial charge in [-0.25, -0.2) is 0 Å². The molecule has 0 aliphatic heterocycles. The molecule has 2 N–H and O–H groups in total. The van der Waals surface area contributed by atoms with Gasteiger partial charge in [-0.15, -0.1) is 0 Å². The molecule has 0 aliphatic rings. The Morgan fingerprint density at radius 2 is 1.72 bits per heavy atom. The topological polar surface area (TPSA) is 24.1 Å². The summed E-state index contributed by atoms with van der Waals surface area (Å²) < 4.78 is 0. The van der Waals surface area contributed by atoms with E-state index in [0.717, 1.165) is 30.3 Å². The smallest absolute Gasteiger partial charge is 0.0426 e. The van der Waals surface area contributed by atoms with Crippen molar-refractivity contribution in [2.75, 3.05) is 18.4 Å². The average molecular weight is 261 g/mol. The Morgan fingerprint density at radius 3 is 2.50 bits per heavy atom. The second kappa shape index (κ2) is 7.04. The second-order valence-electron chi connectivity index (χ2n) is 4.10. The Kier molecular flexibility index (Phi) is 5.06. The molecule has 0 atom stereocenters. The Balaban J connectivity index is 1.65. The standard InChI is InChI=1S/C15H17ClN2/c16-14-7-4-8-15(11-14)18-10-9-17-12-13-5-2-1-3-6-13/h1-8,11,17-18H,9-10,12H2. The molecule has 0 spiro atoms. The predicted octanol–water partition coefficient (Wildman–Crippen LogP) is 3.54. The van der Waals surface area contributed by atoms with Gasteiger partial charge in [0.25, 0.3) is 0 Å². The van der Waals surface area contributed by atoms with Gasteiger partial charge in [-0.1, -0.05) is 48.0 Å². The number of halogens is 1. The fraction of sp³-hybridized carbons (Fsp3) is 0.200. The van der Waals surface area contributed by atoms with Crippen LogP contribution in [0.25, 0.3) is 0 Å². The highest BCUT2D eigenvalue weighted by atomic mass is 35.5. The fourth-order valence-corrected chi connectivity index (χ4v) is 1.91. The van der Waals surface area contributed by atoms with E-state index < -0.39 is 0 Å². The van der Waals surface area contributed by atoms with Crippen molar-refractivity contribution in [2.24, 2.45) is 0 Å². The molecule has 0 unspecified atom stereocenters. The molecule has 18 heavy (non-hydrogen) atoms. The van der Waals surface area contributed by atoms with Gasteiger partial charge in [0.05, 0.1) is 0 Å². The first-order valence-corrected chi connectivity index (χ1v) is 6.46. The Morgan fingerprint density at radius 1 is 0.889 bits per heavy atom. The van der Waals surface area contributed by atoms with Crippen molar-refractivity contribution in [1.29, 1.82) is 0 Å². The van der Waals surface area contributed by atoms with Gasteiger partial charge < -0.3 is 10.6 Å².